The van der Waals surface area contributed by atoms with Crippen LogP contribution >= 0.6 is 0 Å². The third kappa shape index (κ3) is 3.12. The summed E-state index contributed by atoms with van der Waals surface area (Å²) in [6, 6.07) is 12.7. The Morgan fingerprint density at radius 3 is 2.48 bits per heavy atom. The van der Waals surface area contributed by atoms with Crippen LogP contribution in [-0.4, -0.2) is 42.1 Å². The normalized spacial score (nSPS) is 15.1. The lowest BCUT2D eigenvalue weighted by molar-refractivity contribution is -0.133. The van der Waals surface area contributed by atoms with E-state index in [0.717, 1.165) is 28.6 Å². The number of fused-ring (bicyclic) bond motifs is 1. The minimum absolute atomic E-state index is 0.0862. The molecule has 0 atom stereocenters. The lowest BCUT2D eigenvalue weighted by Crippen LogP contribution is -2.57. The van der Waals surface area contributed by atoms with Gasteiger partial charge in [0.15, 0.2) is 9.84 Å². The lowest BCUT2D eigenvalue weighted by atomic mass is 10.1. The fourth-order valence-electron chi connectivity index (χ4n) is 3.50. The monoisotopic (exact) mass is 386 g/mol. The predicted molar refractivity (Wildman–Crippen MR) is 101 cm³/mol. The SMILES string of the molecule is Cn1cc(CC(=O)N2CC(S(=O)(=O)c3ccc(F)cc3)C2)c2ccccc21. The highest BCUT2D eigenvalue weighted by atomic mass is 32.2. The molecule has 1 amide bonds. The average Bonchev–Trinajstić information content (AvgIpc) is 2.90. The number of aryl methyl sites for hydroxylation is 1. The van der Waals surface area contributed by atoms with E-state index in [1.165, 1.54) is 12.1 Å². The molecule has 27 heavy (non-hydrogen) atoms. The molecule has 4 rings (SSSR count). The maximum absolute atomic E-state index is 13.0. The summed E-state index contributed by atoms with van der Waals surface area (Å²) in [4.78, 5) is 14.2. The van der Waals surface area contributed by atoms with Crippen LogP contribution in [0.1, 0.15) is 5.56 Å². The Morgan fingerprint density at radius 2 is 1.78 bits per heavy atom. The van der Waals surface area contributed by atoms with Crippen molar-refractivity contribution in [3.05, 3.63) is 66.1 Å². The molecule has 140 valence electrons. The van der Waals surface area contributed by atoms with Crippen molar-refractivity contribution < 1.29 is 17.6 Å². The number of hydrogen-bond acceptors (Lipinski definition) is 3. The van der Waals surface area contributed by atoms with E-state index in [9.17, 15) is 17.6 Å². The second-order valence-corrected chi connectivity index (χ2v) is 9.11. The highest BCUT2D eigenvalue weighted by Crippen LogP contribution is 2.26. The molecule has 2 aromatic carbocycles. The van der Waals surface area contributed by atoms with Gasteiger partial charge in [-0.25, -0.2) is 12.8 Å². The second kappa shape index (κ2) is 6.49. The maximum atomic E-state index is 13.0. The van der Waals surface area contributed by atoms with Gasteiger partial charge < -0.3 is 9.47 Å². The van der Waals surface area contributed by atoms with Crippen molar-refractivity contribution in [1.29, 1.82) is 0 Å². The number of benzene rings is 2. The van der Waals surface area contributed by atoms with Crippen LogP contribution in [0.15, 0.2) is 59.6 Å². The first kappa shape index (κ1) is 17.7. The van der Waals surface area contributed by atoms with Crippen molar-refractivity contribution in [3.8, 4) is 0 Å². The van der Waals surface area contributed by atoms with Crippen LogP contribution in [0, 0.1) is 5.82 Å². The molecule has 7 heteroatoms. The molecule has 0 aliphatic carbocycles. The van der Waals surface area contributed by atoms with Gasteiger partial charge in [-0.15, -0.1) is 0 Å². The quantitative estimate of drug-likeness (QED) is 0.648. The van der Waals surface area contributed by atoms with E-state index in [4.69, 9.17) is 0 Å². The Labute approximate surface area is 156 Å². The Balaban J connectivity index is 1.44. The van der Waals surface area contributed by atoms with E-state index in [1.807, 2.05) is 42.1 Å². The minimum Gasteiger partial charge on any atom is -0.350 e. The molecule has 1 fully saturated rings. The van der Waals surface area contributed by atoms with Gasteiger partial charge in [0.25, 0.3) is 0 Å². The third-order valence-corrected chi connectivity index (χ3v) is 7.21. The molecule has 3 aromatic rings. The van der Waals surface area contributed by atoms with Crippen molar-refractivity contribution in [2.75, 3.05) is 13.1 Å². The van der Waals surface area contributed by atoms with Gasteiger partial charge in [0.2, 0.25) is 5.91 Å². The van der Waals surface area contributed by atoms with Crippen LogP contribution in [0.4, 0.5) is 4.39 Å². The van der Waals surface area contributed by atoms with Crippen molar-refractivity contribution in [2.24, 2.45) is 7.05 Å². The standard InChI is InChI=1S/C20H19FN2O3S/c1-22-11-14(18-4-2-3-5-19(18)22)10-20(24)23-12-17(13-23)27(25,26)16-8-6-15(21)7-9-16/h2-9,11,17H,10,12-13H2,1H3. The second-order valence-electron chi connectivity index (χ2n) is 6.88. The molecule has 1 aliphatic heterocycles. The van der Waals surface area contributed by atoms with Gasteiger partial charge in [0.1, 0.15) is 11.1 Å². The number of para-hydroxylation sites is 1. The van der Waals surface area contributed by atoms with Crippen LogP contribution in [0.3, 0.4) is 0 Å². The number of likely N-dealkylation sites (tertiary alicyclic amines) is 1. The van der Waals surface area contributed by atoms with Gasteiger partial charge in [-0.3, -0.25) is 4.79 Å². The Kier molecular flexibility index (Phi) is 4.26. The topological polar surface area (TPSA) is 59.4 Å². The highest BCUT2D eigenvalue weighted by Gasteiger charge is 2.40. The van der Waals surface area contributed by atoms with Crippen LogP contribution in [-0.2, 0) is 28.1 Å². The first-order chi connectivity index (χ1) is 12.9. The zero-order valence-electron chi connectivity index (χ0n) is 14.8. The van der Waals surface area contributed by atoms with Gasteiger partial charge in [-0.05, 0) is 35.9 Å². The van der Waals surface area contributed by atoms with E-state index < -0.39 is 20.9 Å². The molecule has 1 aromatic heterocycles. The molecule has 5 nitrogen and oxygen atoms in total. The Bertz CT molecular complexity index is 1110. The summed E-state index contributed by atoms with van der Waals surface area (Å²) in [5.41, 5.74) is 1.99. The molecular formula is C20H19FN2O3S. The summed E-state index contributed by atoms with van der Waals surface area (Å²) in [6.07, 6.45) is 2.18. The minimum atomic E-state index is -3.55. The predicted octanol–water partition coefficient (Wildman–Crippen LogP) is 2.54. The summed E-state index contributed by atoms with van der Waals surface area (Å²) in [6.45, 7) is 0.340. The van der Waals surface area contributed by atoms with E-state index >= 15 is 0 Å². The summed E-state index contributed by atoms with van der Waals surface area (Å²) in [5, 5.41) is 0.392. The van der Waals surface area contributed by atoms with Gasteiger partial charge in [-0.2, -0.15) is 0 Å². The largest absolute Gasteiger partial charge is 0.350 e. The molecule has 0 unspecified atom stereocenters. The smallest absolute Gasteiger partial charge is 0.227 e. The first-order valence-electron chi connectivity index (χ1n) is 8.66. The highest BCUT2D eigenvalue weighted by molar-refractivity contribution is 7.92. The van der Waals surface area contributed by atoms with Crippen molar-refractivity contribution in [2.45, 2.75) is 16.6 Å². The molecule has 0 radical (unpaired) electrons. The number of halogens is 1. The van der Waals surface area contributed by atoms with E-state index in [2.05, 4.69) is 0 Å². The molecule has 0 saturated carbocycles. The number of aromatic nitrogens is 1. The summed E-state index contributed by atoms with van der Waals surface area (Å²) in [7, 11) is -1.62. The van der Waals surface area contributed by atoms with E-state index in [-0.39, 0.29) is 30.3 Å². The van der Waals surface area contributed by atoms with Crippen LogP contribution in [0.25, 0.3) is 10.9 Å². The number of sulfone groups is 1. The fraction of sp³-hybridized carbons (Fsp3) is 0.250. The maximum Gasteiger partial charge on any atom is 0.227 e. The lowest BCUT2D eigenvalue weighted by Gasteiger charge is -2.38. The summed E-state index contributed by atoms with van der Waals surface area (Å²) in [5.74, 6) is -0.564. The van der Waals surface area contributed by atoms with E-state index in [0.29, 0.717) is 0 Å². The molecule has 1 saturated heterocycles. The van der Waals surface area contributed by atoms with Crippen LogP contribution in [0.2, 0.25) is 0 Å². The molecular weight excluding hydrogens is 367 g/mol. The first-order valence-corrected chi connectivity index (χ1v) is 10.2. The summed E-state index contributed by atoms with van der Waals surface area (Å²) >= 11 is 0. The van der Waals surface area contributed by atoms with E-state index in [1.54, 1.807) is 4.90 Å². The Hall–Kier alpha value is -2.67. The zero-order chi connectivity index (χ0) is 19.2. The number of hydrogen-bond donors (Lipinski definition) is 0. The molecule has 0 spiro atoms. The van der Waals surface area contributed by atoms with Gasteiger partial charge in [0, 0.05) is 37.2 Å². The number of carbonyl (C=O) groups is 1. The average molecular weight is 386 g/mol. The van der Waals surface area contributed by atoms with Gasteiger partial charge >= 0.3 is 0 Å². The fourth-order valence-corrected chi connectivity index (χ4v) is 5.15. The van der Waals surface area contributed by atoms with Gasteiger partial charge in [0.05, 0.1) is 11.3 Å². The number of nitrogens with zero attached hydrogens (tertiary/aromatic N) is 2. The van der Waals surface area contributed by atoms with Crippen molar-refractivity contribution in [3.63, 3.8) is 0 Å². The Morgan fingerprint density at radius 1 is 1.11 bits per heavy atom. The van der Waals surface area contributed by atoms with Gasteiger partial charge in [-0.1, -0.05) is 18.2 Å². The van der Waals surface area contributed by atoms with Crippen molar-refractivity contribution in [1.82, 2.24) is 9.47 Å². The number of amides is 1. The number of carbonyl (C=O) groups excluding carboxylic acids is 1. The molecule has 1 aliphatic rings. The van der Waals surface area contributed by atoms with Crippen LogP contribution in [0.5, 0.6) is 0 Å². The molecule has 0 bridgehead atoms. The third-order valence-electron chi connectivity index (χ3n) is 5.10. The number of rotatable bonds is 4. The molecule has 2 heterocycles. The summed E-state index contributed by atoms with van der Waals surface area (Å²) < 4.78 is 40.1. The zero-order valence-corrected chi connectivity index (χ0v) is 15.6. The van der Waals surface area contributed by atoms with Crippen LogP contribution < -0.4 is 0 Å². The molecule has 0 N–H and O–H groups in total. The van der Waals surface area contributed by atoms with Crippen molar-refractivity contribution >= 4 is 26.6 Å².